The number of carbonyl (C=O) groups is 1. The SMILES string of the molecule is COC(=O)c1cccc(N=Cc2cc(C)n(-c3ccc(OC)cc3)c2)c1. The number of esters is 1. The van der Waals surface area contributed by atoms with Crippen LogP contribution in [0.25, 0.3) is 5.69 Å². The van der Waals surface area contributed by atoms with Crippen molar-refractivity contribution in [3.63, 3.8) is 0 Å². The molecule has 132 valence electrons. The van der Waals surface area contributed by atoms with E-state index in [1.165, 1.54) is 7.11 Å². The van der Waals surface area contributed by atoms with Gasteiger partial charge in [0.15, 0.2) is 0 Å². The highest BCUT2D eigenvalue weighted by molar-refractivity contribution is 5.90. The first-order chi connectivity index (χ1) is 12.6. The number of aryl methyl sites for hydroxylation is 1. The van der Waals surface area contributed by atoms with E-state index in [9.17, 15) is 4.79 Å². The lowest BCUT2D eigenvalue weighted by Gasteiger charge is -2.06. The number of hydrogen-bond acceptors (Lipinski definition) is 4. The van der Waals surface area contributed by atoms with E-state index in [2.05, 4.69) is 15.6 Å². The molecule has 0 atom stereocenters. The summed E-state index contributed by atoms with van der Waals surface area (Å²) in [4.78, 5) is 16.1. The summed E-state index contributed by atoms with van der Waals surface area (Å²) in [6.07, 6.45) is 3.80. The maximum atomic E-state index is 11.6. The largest absolute Gasteiger partial charge is 0.497 e. The summed E-state index contributed by atoms with van der Waals surface area (Å²) in [7, 11) is 3.02. The maximum absolute atomic E-state index is 11.6. The molecule has 0 aliphatic rings. The normalized spacial score (nSPS) is 10.9. The molecular formula is C21H20N2O3. The first-order valence-electron chi connectivity index (χ1n) is 8.16. The highest BCUT2D eigenvalue weighted by Crippen LogP contribution is 2.19. The second kappa shape index (κ2) is 7.70. The Labute approximate surface area is 152 Å². The van der Waals surface area contributed by atoms with Gasteiger partial charge in [-0.2, -0.15) is 0 Å². The van der Waals surface area contributed by atoms with Crippen LogP contribution >= 0.6 is 0 Å². The van der Waals surface area contributed by atoms with E-state index in [-0.39, 0.29) is 5.97 Å². The Balaban J connectivity index is 1.83. The van der Waals surface area contributed by atoms with Gasteiger partial charge < -0.3 is 14.0 Å². The molecule has 0 saturated heterocycles. The second-order valence-electron chi connectivity index (χ2n) is 5.78. The third-order valence-corrected chi connectivity index (χ3v) is 4.01. The Morgan fingerprint density at radius 3 is 2.54 bits per heavy atom. The Kier molecular flexibility index (Phi) is 5.17. The summed E-state index contributed by atoms with van der Waals surface area (Å²) in [5.41, 5.74) is 4.30. The third-order valence-electron chi connectivity index (χ3n) is 4.01. The number of carbonyl (C=O) groups excluding carboxylic acids is 1. The molecule has 0 amide bonds. The van der Waals surface area contributed by atoms with Gasteiger partial charge in [0.2, 0.25) is 0 Å². The minimum atomic E-state index is -0.372. The van der Waals surface area contributed by atoms with Crippen molar-refractivity contribution in [1.82, 2.24) is 4.57 Å². The monoisotopic (exact) mass is 348 g/mol. The molecule has 0 N–H and O–H groups in total. The van der Waals surface area contributed by atoms with Crippen molar-refractivity contribution in [1.29, 1.82) is 0 Å². The van der Waals surface area contributed by atoms with Crippen molar-refractivity contribution in [2.45, 2.75) is 6.92 Å². The summed E-state index contributed by atoms with van der Waals surface area (Å²) in [6.45, 7) is 2.04. The number of benzene rings is 2. The summed E-state index contributed by atoms with van der Waals surface area (Å²) < 4.78 is 12.0. The van der Waals surface area contributed by atoms with Gasteiger partial charge >= 0.3 is 5.97 Å². The van der Waals surface area contributed by atoms with Gasteiger partial charge in [-0.05, 0) is 55.5 Å². The topological polar surface area (TPSA) is 52.8 Å². The number of methoxy groups -OCH3 is 2. The van der Waals surface area contributed by atoms with Crippen LogP contribution in [0.15, 0.2) is 65.8 Å². The predicted molar refractivity (Wildman–Crippen MR) is 102 cm³/mol. The number of nitrogens with zero attached hydrogens (tertiary/aromatic N) is 2. The maximum Gasteiger partial charge on any atom is 0.337 e. The third kappa shape index (κ3) is 3.83. The van der Waals surface area contributed by atoms with Gasteiger partial charge in [-0.1, -0.05) is 6.07 Å². The molecule has 0 aliphatic heterocycles. The minimum Gasteiger partial charge on any atom is -0.497 e. The first-order valence-corrected chi connectivity index (χ1v) is 8.16. The molecule has 5 nitrogen and oxygen atoms in total. The zero-order chi connectivity index (χ0) is 18.5. The van der Waals surface area contributed by atoms with Crippen molar-refractivity contribution in [3.8, 4) is 11.4 Å². The molecule has 0 spiro atoms. The van der Waals surface area contributed by atoms with Crippen LogP contribution in [0.5, 0.6) is 5.75 Å². The van der Waals surface area contributed by atoms with Crippen molar-refractivity contribution < 1.29 is 14.3 Å². The van der Waals surface area contributed by atoms with E-state index >= 15 is 0 Å². The number of rotatable bonds is 5. The summed E-state index contributed by atoms with van der Waals surface area (Å²) in [5.74, 6) is 0.453. The number of aromatic nitrogens is 1. The summed E-state index contributed by atoms with van der Waals surface area (Å²) in [5, 5.41) is 0. The Bertz CT molecular complexity index is 940. The molecule has 0 radical (unpaired) electrons. The Hall–Kier alpha value is -3.34. The lowest BCUT2D eigenvalue weighted by atomic mass is 10.2. The number of ether oxygens (including phenoxy) is 2. The van der Waals surface area contributed by atoms with E-state index in [4.69, 9.17) is 9.47 Å². The molecule has 26 heavy (non-hydrogen) atoms. The molecule has 3 rings (SSSR count). The minimum absolute atomic E-state index is 0.372. The zero-order valence-electron chi connectivity index (χ0n) is 15.0. The van der Waals surface area contributed by atoms with Gasteiger partial charge in [0.05, 0.1) is 25.5 Å². The Morgan fingerprint density at radius 1 is 1.08 bits per heavy atom. The smallest absolute Gasteiger partial charge is 0.337 e. The zero-order valence-corrected chi connectivity index (χ0v) is 15.0. The van der Waals surface area contributed by atoms with Crippen LogP contribution in [0.4, 0.5) is 5.69 Å². The highest BCUT2D eigenvalue weighted by Gasteiger charge is 2.06. The van der Waals surface area contributed by atoms with Crippen LogP contribution in [-0.2, 0) is 4.74 Å². The average molecular weight is 348 g/mol. The quantitative estimate of drug-likeness (QED) is 0.509. The first kappa shape index (κ1) is 17.5. The Morgan fingerprint density at radius 2 is 1.85 bits per heavy atom. The van der Waals surface area contributed by atoms with Crippen molar-refractivity contribution >= 4 is 17.9 Å². The van der Waals surface area contributed by atoms with Gasteiger partial charge in [0, 0.05) is 29.4 Å². The molecule has 2 aromatic carbocycles. The van der Waals surface area contributed by atoms with Crippen LogP contribution in [0, 0.1) is 6.92 Å². The highest BCUT2D eigenvalue weighted by atomic mass is 16.5. The summed E-state index contributed by atoms with van der Waals surface area (Å²) >= 11 is 0. The molecule has 0 fully saturated rings. The molecule has 0 unspecified atom stereocenters. The average Bonchev–Trinajstić information content (AvgIpc) is 3.06. The standard InChI is InChI=1S/C21H20N2O3/c1-15-11-16(14-23(15)19-7-9-20(25-2)10-8-19)13-22-18-6-4-5-17(12-18)21(24)26-3/h4-14H,1-3H3. The van der Waals surface area contributed by atoms with Gasteiger partial charge in [-0.25, -0.2) is 4.79 Å². The van der Waals surface area contributed by atoms with Crippen LogP contribution in [0.2, 0.25) is 0 Å². The number of aliphatic imine (C=N–C) groups is 1. The van der Waals surface area contributed by atoms with E-state index in [0.29, 0.717) is 11.3 Å². The molecule has 0 aliphatic carbocycles. The second-order valence-corrected chi connectivity index (χ2v) is 5.78. The van der Waals surface area contributed by atoms with Crippen molar-refractivity contribution in [2.75, 3.05) is 14.2 Å². The lowest BCUT2D eigenvalue weighted by Crippen LogP contribution is -1.99. The molecular weight excluding hydrogens is 328 g/mol. The van der Waals surface area contributed by atoms with E-state index in [1.54, 1.807) is 31.5 Å². The fourth-order valence-electron chi connectivity index (χ4n) is 2.67. The number of hydrogen-bond donors (Lipinski definition) is 0. The van der Waals surface area contributed by atoms with E-state index in [1.807, 2.05) is 43.5 Å². The van der Waals surface area contributed by atoms with Gasteiger partial charge in [-0.3, -0.25) is 4.99 Å². The molecule has 3 aromatic rings. The van der Waals surface area contributed by atoms with Crippen molar-refractivity contribution in [3.05, 3.63) is 77.6 Å². The predicted octanol–water partition coefficient (Wildman–Crippen LogP) is 4.33. The fraction of sp³-hybridized carbons (Fsp3) is 0.143. The van der Waals surface area contributed by atoms with E-state index in [0.717, 1.165) is 22.7 Å². The fourth-order valence-corrected chi connectivity index (χ4v) is 2.67. The van der Waals surface area contributed by atoms with Crippen LogP contribution in [0.3, 0.4) is 0 Å². The van der Waals surface area contributed by atoms with Gasteiger partial charge in [-0.15, -0.1) is 0 Å². The molecule has 1 heterocycles. The van der Waals surface area contributed by atoms with Gasteiger partial charge in [0.25, 0.3) is 0 Å². The molecule has 0 saturated carbocycles. The van der Waals surface area contributed by atoms with Crippen LogP contribution in [-0.4, -0.2) is 31.0 Å². The van der Waals surface area contributed by atoms with Crippen LogP contribution in [0.1, 0.15) is 21.6 Å². The molecule has 5 heteroatoms. The van der Waals surface area contributed by atoms with Crippen molar-refractivity contribution in [2.24, 2.45) is 4.99 Å². The molecule has 1 aromatic heterocycles. The van der Waals surface area contributed by atoms with E-state index < -0.39 is 0 Å². The van der Waals surface area contributed by atoms with Gasteiger partial charge in [0.1, 0.15) is 5.75 Å². The summed E-state index contributed by atoms with van der Waals surface area (Å²) in [6, 6.07) is 17.0. The molecule has 0 bridgehead atoms. The lowest BCUT2D eigenvalue weighted by molar-refractivity contribution is 0.0601. The van der Waals surface area contributed by atoms with Crippen LogP contribution < -0.4 is 4.74 Å².